The number of carbonyl (C=O) groups excluding carboxylic acids is 1. The molecule has 72 valence electrons. The lowest BCUT2D eigenvalue weighted by Crippen LogP contribution is -2.02. The van der Waals surface area contributed by atoms with Crippen LogP contribution in [0.25, 0.3) is 0 Å². The molecule has 3 nitrogen and oxygen atoms in total. The second kappa shape index (κ2) is 3.88. The van der Waals surface area contributed by atoms with Crippen LogP contribution in [-0.4, -0.2) is 12.9 Å². The number of hydrogen-bond donors (Lipinski definition) is 0. The fraction of sp³-hybridized carbons (Fsp3) is 0.200. The van der Waals surface area contributed by atoms with Crippen LogP contribution in [0, 0.1) is 17.1 Å². The van der Waals surface area contributed by atoms with Gasteiger partial charge < -0.3 is 4.74 Å². The number of rotatable bonds is 2. The molecular formula is C10H8FNO2. The van der Waals surface area contributed by atoms with Crippen molar-refractivity contribution in [2.75, 3.05) is 7.11 Å². The van der Waals surface area contributed by atoms with E-state index < -0.39 is 5.82 Å². The Hall–Kier alpha value is -1.89. The monoisotopic (exact) mass is 193 g/mol. The number of Topliss-reactive ketones (excluding diaryl/α,β-unsaturated/α-hetero) is 1. The summed E-state index contributed by atoms with van der Waals surface area (Å²) in [4.78, 5) is 11.2. The lowest BCUT2D eigenvalue weighted by atomic mass is 10.0. The number of methoxy groups -OCH3 is 1. The molecule has 1 aromatic carbocycles. The zero-order valence-corrected chi connectivity index (χ0v) is 7.80. The van der Waals surface area contributed by atoms with Crippen molar-refractivity contribution in [2.24, 2.45) is 0 Å². The molecule has 0 spiro atoms. The smallest absolute Gasteiger partial charge is 0.164 e. The van der Waals surface area contributed by atoms with Gasteiger partial charge in [-0.15, -0.1) is 0 Å². The summed E-state index contributed by atoms with van der Waals surface area (Å²) in [6.07, 6.45) is 0. The molecule has 4 heteroatoms. The zero-order valence-electron chi connectivity index (χ0n) is 7.80. The van der Waals surface area contributed by atoms with Crippen molar-refractivity contribution < 1.29 is 13.9 Å². The molecule has 0 radical (unpaired) electrons. The maximum Gasteiger partial charge on any atom is 0.164 e. The number of nitriles is 1. The lowest BCUT2D eigenvalue weighted by Gasteiger charge is -2.06. The average Bonchev–Trinajstić information content (AvgIpc) is 2.15. The molecule has 0 atom stereocenters. The van der Waals surface area contributed by atoms with E-state index in [4.69, 9.17) is 10.00 Å². The molecule has 1 aromatic rings. The van der Waals surface area contributed by atoms with E-state index in [1.54, 1.807) is 6.07 Å². The first-order chi connectivity index (χ1) is 6.60. The normalized spacial score (nSPS) is 9.29. The summed E-state index contributed by atoms with van der Waals surface area (Å²) in [5.41, 5.74) is 0.116. The topological polar surface area (TPSA) is 50.1 Å². The van der Waals surface area contributed by atoms with Crippen LogP contribution >= 0.6 is 0 Å². The molecule has 0 saturated carbocycles. The molecule has 1 rings (SSSR count). The van der Waals surface area contributed by atoms with Crippen LogP contribution in [0.5, 0.6) is 5.75 Å². The standard InChI is InChI=1S/C10H8FNO2/c1-6(13)10-7(5-12)3-8(11)4-9(10)14-2/h3-4H,1-2H3. The van der Waals surface area contributed by atoms with Gasteiger partial charge in [0.15, 0.2) is 5.78 Å². The van der Waals surface area contributed by atoms with Crippen LogP contribution in [0.3, 0.4) is 0 Å². The van der Waals surface area contributed by atoms with E-state index in [-0.39, 0.29) is 22.7 Å². The molecule has 0 heterocycles. The van der Waals surface area contributed by atoms with Crippen LogP contribution in [-0.2, 0) is 0 Å². The van der Waals surface area contributed by atoms with Crippen molar-refractivity contribution >= 4 is 5.78 Å². The molecule has 0 N–H and O–H groups in total. The third-order valence-electron chi connectivity index (χ3n) is 1.76. The highest BCUT2D eigenvalue weighted by Gasteiger charge is 2.15. The Morgan fingerprint density at radius 2 is 2.21 bits per heavy atom. The van der Waals surface area contributed by atoms with Gasteiger partial charge in [0.25, 0.3) is 0 Å². The predicted octanol–water partition coefficient (Wildman–Crippen LogP) is 1.91. The maximum absolute atomic E-state index is 12.9. The maximum atomic E-state index is 12.9. The molecule has 0 amide bonds. The summed E-state index contributed by atoms with van der Waals surface area (Å²) < 4.78 is 17.7. The average molecular weight is 193 g/mol. The fourth-order valence-corrected chi connectivity index (χ4v) is 1.19. The quantitative estimate of drug-likeness (QED) is 0.674. The number of benzene rings is 1. The lowest BCUT2D eigenvalue weighted by molar-refractivity contribution is 0.101. The first-order valence-corrected chi connectivity index (χ1v) is 3.88. The third-order valence-corrected chi connectivity index (χ3v) is 1.76. The molecule has 0 fully saturated rings. The van der Waals surface area contributed by atoms with Crippen LogP contribution in [0.2, 0.25) is 0 Å². The predicted molar refractivity (Wildman–Crippen MR) is 47.7 cm³/mol. The summed E-state index contributed by atoms with van der Waals surface area (Å²) in [5.74, 6) is -0.823. The van der Waals surface area contributed by atoms with Crippen molar-refractivity contribution in [2.45, 2.75) is 6.92 Å². The number of hydrogen-bond acceptors (Lipinski definition) is 3. The minimum atomic E-state index is -0.594. The second-order valence-corrected chi connectivity index (χ2v) is 2.70. The first-order valence-electron chi connectivity index (χ1n) is 3.88. The SMILES string of the molecule is COc1cc(F)cc(C#N)c1C(C)=O. The molecule has 0 bridgehead atoms. The first kappa shape index (κ1) is 10.2. The summed E-state index contributed by atoms with van der Waals surface area (Å²) in [6, 6.07) is 3.85. The van der Waals surface area contributed by atoms with Crippen LogP contribution in [0.4, 0.5) is 4.39 Å². The highest BCUT2D eigenvalue weighted by Crippen LogP contribution is 2.24. The van der Waals surface area contributed by atoms with Crippen LogP contribution < -0.4 is 4.74 Å². The molecule has 0 aliphatic carbocycles. The Labute approximate surface area is 80.7 Å². The summed E-state index contributed by atoms with van der Waals surface area (Å²) in [7, 11) is 1.32. The number of carbonyl (C=O) groups is 1. The minimum Gasteiger partial charge on any atom is -0.496 e. The van der Waals surface area contributed by atoms with Gasteiger partial charge >= 0.3 is 0 Å². The minimum absolute atomic E-state index is 0.00523. The Kier molecular flexibility index (Phi) is 2.82. The summed E-state index contributed by atoms with van der Waals surface area (Å²) in [6.45, 7) is 1.30. The molecule has 0 aliphatic rings. The highest BCUT2D eigenvalue weighted by atomic mass is 19.1. The van der Waals surface area contributed by atoms with Gasteiger partial charge in [-0.25, -0.2) is 4.39 Å². The largest absolute Gasteiger partial charge is 0.496 e. The second-order valence-electron chi connectivity index (χ2n) is 2.70. The van der Waals surface area contributed by atoms with E-state index in [1.807, 2.05) is 0 Å². The van der Waals surface area contributed by atoms with E-state index in [2.05, 4.69) is 0 Å². The molecule has 0 unspecified atom stereocenters. The van der Waals surface area contributed by atoms with Gasteiger partial charge in [0.2, 0.25) is 0 Å². The molecule has 0 saturated heterocycles. The van der Waals surface area contributed by atoms with Gasteiger partial charge in [-0.2, -0.15) is 5.26 Å². The van der Waals surface area contributed by atoms with Gasteiger partial charge in [0.05, 0.1) is 18.2 Å². The van der Waals surface area contributed by atoms with Crippen molar-refractivity contribution in [1.29, 1.82) is 5.26 Å². The number of ether oxygens (including phenoxy) is 1. The Morgan fingerprint density at radius 1 is 1.57 bits per heavy atom. The van der Waals surface area contributed by atoms with Gasteiger partial charge in [-0.3, -0.25) is 4.79 Å². The Morgan fingerprint density at radius 3 is 2.64 bits per heavy atom. The Bertz CT molecular complexity index is 421. The Balaban J connectivity index is 3.50. The van der Waals surface area contributed by atoms with Crippen molar-refractivity contribution in [1.82, 2.24) is 0 Å². The van der Waals surface area contributed by atoms with Gasteiger partial charge in [0.1, 0.15) is 17.6 Å². The van der Waals surface area contributed by atoms with E-state index in [0.717, 1.165) is 12.1 Å². The third kappa shape index (κ3) is 1.72. The van der Waals surface area contributed by atoms with Crippen LogP contribution in [0.1, 0.15) is 22.8 Å². The van der Waals surface area contributed by atoms with E-state index in [0.29, 0.717) is 0 Å². The number of halogens is 1. The van der Waals surface area contributed by atoms with E-state index in [1.165, 1.54) is 14.0 Å². The summed E-state index contributed by atoms with van der Waals surface area (Å²) in [5, 5.41) is 8.69. The van der Waals surface area contributed by atoms with Gasteiger partial charge in [-0.05, 0) is 13.0 Å². The molecule has 0 aliphatic heterocycles. The van der Waals surface area contributed by atoms with E-state index in [9.17, 15) is 9.18 Å². The van der Waals surface area contributed by atoms with E-state index >= 15 is 0 Å². The zero-order chi connectivity index (χ0) is 10.7. The molecule has 0 aromatic heterocycles. The number of nitrogens with zero attached hydrogens (tertiary/aromatic N) is 1. The molecular weight excluding hydrogens is 185 g/mol. The van der Waals surface area contributed by atoms with Gasteiger partial charge in [-0.1, -0.05) is 0 Å². The molecule has 14 heavy (non-hydrogen) atoms. The highest BCUT2D eigenvalue weighted by molar-refractivity contribution is 5.99. The summed E-state index contributed by atoms with van der Waals surface area (Å²) >= 11 is 0. The fourth-order valence-electron chi connectivity index (χ4n) is 1.19. The van der Waals surface area contributed by atoms with Crippen molar-refractivity contribution in [3.05, 3.63) is 29.1 Å². The van der Waals surface area contributed by atoms with Crippen molar-refractivity contribution in [3.8, 4) is 11.8 Å². The van der Waals surface area contributed by atoms with Crippen LogP contribution in [0.15, 0.2) is 12.1 Å². The van der Waals surface area contributed by atoms with Gasteiger partial charge in [0, 0.05) is 6.07 Å². The van der Waals surface area contributed by atoms with Crippen molar-refractivity contribution in [3.63, 3.8) is 0 Å². The number of ketones is 1.